The molecule has 62 valence electrons. The molecule has 0 saturated carbocycles. The summed E-state index contributed by atoms with van der Waals surface area (Å²) in [5.74, 6) is 0. The summed E-state index contributed by atoms with van der Waals surface area (Å²) >= 11 is 0. The van der Waals surface area contributed by atoms with Crippen LogP contribution in [0.4, 0.5) is 0 Å². The topological polar surface area (TPSA) is 90.1 Å². The third kappa shape index (κ3) is 5.97. The summed E-state index contributed by atoms with van der Waals surface area (Å²) in [6.45, 7) is 0. The zero-order valence-electron chi connectivity index (χ0n) is 6.51. The molecule has 0 saturated heterocycles. The van der Waals surface area contributed by atoms with Crippen LogP contribution in [0.2, 0.25) is 0 Å². The smallest absolute Gasteiger partial charge is 0.0543 e. The van der Waals surface area contributed by atoms with E-state index in [2.05, 4.69) is 5.32 Å². The molecule has 0 aliphatic carbocycles. The van der Waals surface area contributed by atoms with Gasteiger partial charge in [0.05, 0.1) is 12.3 Å². The van der Waals surface area contributed by atoms with Gasteiger partial charge in [0.2, 0.25) is 0 Å². The lowest BCUT2D eigenvalue weighted by atomic mass is 10.2. The first-order valence-corrected chi connectivity index (χ1v) is 3.61. The van der Waals surface area contributed by atoms with Crippen molar-refractivity contribution in [2.75, 3.05) is 7.05 Å². The first kappa shape index (κ1) is 9.84. The van der Waals surface area contributed by atoms with E-state index in [0.717, 1.165) is 19.3 Å². The van der Waals surface area contributed by atoms with Gasteiger partial charge in [-0.2, -0.15) is 0 Å². The molecule has 0 bridgehead atoms. The van der Waals surface area contributed by atoms with Crippen molar-refractivity contribution in [3.63, 3.8) is 0 Å². The zero-order valence-corrected chi connectivity index (χ0v) is 6.51. The van der Waals surface area contributed by atoms with Crippen LogP contribution in [-0.2, 0) is 0 Å². The summed E-state index contributed by atoms with van der Waals surface area (Å²) in [5.41, 5.74) is 16.2. The second-order valence-electron chi connectivity index (χ2n) is 2.49. The molecule has 0 aliphatic heterocycles. The van der Waals surface area contributed by atoms with Crippen molar-refractivity contribution in [2.45, 2.75) is 31.6 Å². The Balaban J connectivity index is 3.03. The van der Waals surface area contributed by atoms with E-state index >= 15 is 0 Å². The number of hydrogen-bond acceptors (Lipinski definition) is 4. The summed E-state index contributed by atoms with van der Waals surface area (Å²) in [7, 11) is 1.84. The van der Waals surface area contributed by atoms with Crippen molar-refractivity contribution in [1.29, 1.82) is 0 Å². The Hall–Kier alpha value is -0.160. The fourth-order valence-electron chi connectivity index (χ4n) is 0.718. The van der Waals surface area contributed by atoms with Gasteiger partial charge in [0.15, 0.2) is 0 Å². The molecule has 1 unspecified atom stereocenters. The molecule has 0 radical (unpaired) electrons. The van der Waals surface area contributed by atoms with Crippen LogP contribution >= 0.6 is 0 Å². The van der Waals surface area contributed by atoms with Gasteiger partial charge in [-0.25, -0.2) is 0 Å². The lowest BCUT2D eigenvalue weighted by Gasteiger charge is -2.10. The van der Waals surface area contributed by atoms with Gasteiger partial charge in [0, 0.05) is 0 Å². The second kappa shape index (κ2) is 5.61. The van der Waals surface area contributed by atoms with Crippen molar-refractivity contribution < 1.29 is 0 Å². The Morgan fingerprint density at radius 3 is 2.20 bits per heavy atom. The van der Waals surface area contributed by atoms with Crippen molar-refractivity contribution in [2.24, 2.45) is 17.2 Å². The standard InChI is InChI=1S/C6H18N4/c1-10-6(9)4-2-3-5(7)8/h5-6,10H,2-4,7-9H2,1H3. The zero-order chi connectivity index (χ0) is 7.98. The predicted molar refractivity (Wildman–Crippen MR) is 43.0 cm³/mol. The van der Waals surface area contributed by atoms with Crippen LogP contribution in [0.1, 0.15) is 19.3 Å². The minimum atomic E-state index is -0.191. The highest BCUT2D eigenvalue weighted by Gasteiger charge is 1.98. The summed E-state index contributed by atoms with van der Waals surface area (Å²) in [4.78, 5) is 0. The molecule has 0 heterocycles. The maximum atomic E-state index is 5.57. The molecule has 0 amide bonds. The van der Waals surface area contributed by atoms with E-state index in [1.807, 2.05) is 7.05 Å². The van der Waals surface area contributed by atoms with Gasteiger partial charge in [-0.15, -0.1) is 0 Å². The lowest BCUT2D eigenvalue weighted by Crippen LogP contribution is -2.35. The number of nitrogens with two attached hydrogens (primary N) is 3. The highest BCUT2D eigenvalue weighted by Crippen LogP contribution is 1.96. The molecule has 4 nitrogen and oxygen atoms in total. The van der Waals surface area contributed by atoms with Gasteiger partial charge >= 0.3 is 0 Å². The lowest BCUT2D eigenvalue weighted by molar-refractivity contribution is 0.486. The minimum absolute atomic E-state index is 0.0822. The predicted octanol–water partition coefficient (Wildman–Crippen LogP) is -1.10. The molecular formula is C6H18N4. The molecular weight excluding hydrogens is 128 g/mol. The second-order valence-corrected chi connectivity index (χ2v) is 2.49. The van der Waals surface area contributed by atoms with Crippen molar-refractivity contribution >= 4 is 0 Å². The molecule has 0 aliphatic rings. The average Bonchev–Trinajstić information content (AvgIpc) is 1.87. The van der Waals surface area contributed by atoms with E-state index in [4.69, 9.17) is 17.2 Å². The van der Waals surface area contributed by atoms with Crippen LogP contribution in [0.25, 0.3) is 0 Å². The molecule has 10 heavy (non-hydrogen) atoms. The van der Waals surface area contributed by atoms with E-state index in [1.54, 1.807) is 0 Å². The van der Waals surface area contributed by atoms with Crippen molar-refractivity contribution in [1.82, 2.24) is 5.32 Å². The summed E-state index contributed by atoms with van der Waals surface area (Å²) in [6.07, 6.45) is 2.65. The molecule has 0 aromatic heterocycles. The van der Waals surface area contributed by atoms with Gasteiger partial charge in [-0.05, 0) is 26.3 Å². The van der Waals surface area contributed by atoms with Gasteiger partial charge in [0.25, 0.3) is 0 Å². The molecule has 0 fully saturated rings. The Kier molecular flexibility index (Phi) is 5.52. The van der Waals surface area contributed by atoms with E-state index in [1.165, 1.54) is 0 Å². The van der Waals surface area contributed by atoms with Crippen LogP contribution in [0.3, 0.4) is 0 Å². The monoisotopic (exact) mass is 146 g/mol. The molecule has 4 heteroatoms. The fourth-order valence-corrected chi connectivity index (χ4v) is 0.718. The Morgan fingerprint density at radius 1 is 1.20 bits per heavy atom. The molecule has 0 rings (SSSR count). The van der Waals surface area contributed by atoms with Crippen LogP contribution in [0.5, 0.6) is 0 Å². The Bertz CT molecular complexity index is 74.1. The molecule has 0 aromatic carbocycles. The first-order valence-electron chi connectivity index (χ1n) is 3.61. The maximum Gasteiger partial charge on any atom is 0.0543 e. The van der Waals surface area contributed by atoms with Crippen molar-refractivity contribution in [3.05, 3.63) is 0 Å². The van der Waals surface area contributed by atoms with E-state index < -0.39 is 0 Å². The summed E-state index contributed by atoms with van der Waals surface area (Å²) < 4.78 is 0. The third-order valence-corrected chi connectivity index (χ3v) is 1.42. The third-order valence-electron chi connectivity index (χ3n) is 1.42. The quantitative estimate of drug-likeness (QED) is 0.371. The number of nitrogens with one attached hydrogen (secondary N) is 1. The van der Waals surface area contributed by atoms with Crippen LogP contribution < -0.4 is 22.5 Å². The average molecular weight is 146 g/mol. The highest BCUT2D eigenvalue weighted by atomic mass is 15.0. The molecule has 1 atom stereocenters. The normalized spacial score (nSPS) is 14.1. The van der Waals surface area contributed by atoms with E-state index in [-0.39, 0.29) is 12.3 Å². The Morgan fingerprint density at radius 2 is 1.80 bits per heavy atom. The number of rotatable bonds is 5. The van der Waals surface area contributed by atoms with Gasteiger partial charge < -0.3 is 22.5 Å². The summed E-state index contributed by atoms with van der Waals surface area (Å²) in [6, 6.07) is 0. The number of hydrogen-bond donors (Lipinski definition) is 4. The van der Waals surface area contributed by atoms with Gasteiger partial charge in [-0.3, -0.25) is 0 Å². The Labute approximate surface area is 62.1 Å². The van der Waals surface area contributed by atoms with Crippen LogP contribution in [0, 0.1) is 0 Å². The highest BCUT2D eigenvalue weighted by molar-refractivity contribution is 4.57. The van der Waals surface area contributed by atoms with Crippen molar-refractivity contribution in [3.8, 4) is 0 Å². The maximum absolute atomic E-state index is 5.57. The first-order chi connectivity index (χ1) is 4.66. The minimum Gasteiger partial charge on any atom is -0.316 e. The van der Waals surface area contributed by atoms with Crippen LogP contribution in [-0.4, -0.2) is 19.4 Å². The fraction of sp³-hybridized carbons (Fsp3) is 1.00. The van der Waals surface area contributed by atoms with E-state index in [0.29, 0.717) is 0 Å². The molecule has 0 aromatic rings. The van der Waals surface area contributed by atoms with Gasteiger partial charge in [-0.1, -0.05) is 0 Å². The van der Waals surface area contributed by atoms with Crippen LogP contribution in [0.15, 0.2) is 0 Å². The van der Waals surface area contributed by atoms with Gasteiger partial charge in [0.1, 0.15) is 0 Å². The largest absolute Gasteiger partial charge is 0.316 e. The molecule has 0 spiro atoms. The SMILES string of the molecule is CNC(N)CCCC(N)N. The summed E-state index contributed by atoms with van der Waals surface area (Å²) in [5, 5.41) is 2.93. The van der Waals surface area contributed by atoms with E-state index in [9.17, 15) is 0 Å². The molecule has 7 N–H and O–H groups in total.